The Morgan fingerprint density at radius 1 is 1.12 bits per heavy atom. The second-order valence-electron chi connectivity index (χ2n) is 7.95. The van der Waals surface area contributed by atoms with E-state index in [4.69, 9.17) is 0 Å². The summed E-state index contributed by atoms with van der Waals surface area (Å²) in [6, 6.07) is 1.85. The SMILES string of the molecule is O=S(=O)(C1CC1)N1CC[C@@H](Nc2ncc3c(F)cc(-c4ncc(Br)cc4F)n3n2)[C@H](O)C1. The molecule has 4 heterocycles. The van der Waals surface area contributed by atoms with Gasteiger partial charge >= 0.3 is 0 Å². The molecule has 0 radical (unpaired) electrons. The summed E-state index contributed by atoms with van der Waals surface area (Å²) < 4.78 is 56.6. The first-order valence-electron chi connectivity index (χ1n) is 10.0. The van der Waals surface area contributed by atoms with Gasteiger partial charge in [-0.1, -0.05) is 0 Å². The fourth-order valence-corrected chi connectivity index (χ4v) is 6.01. The summed E-state index contributed by atoms with van der Waals surface area (Å²) in [6.07, 6.45) is 3.36. The van der Waals surface area contributed by atoms with Crippen molar-refractivity contribution in [2.75, 3.05) is 18.4 Å². The zero-order chi connectivity index (χ0) is 22.6. The molecule has 2 N–H and O–H groups in total. The number of aliphatic hydroxyl groups excluding tert-OH is 1. The van der Waals surface area contributed by atoms with Crippen molar-refractivity contribution in [3.63, 3.8) is 0 Å². The highest BCUT2D eigenvalue weighted by atomic mass is 79.9. The van der Waals surface area contributed by atoms with Crippen LogP contribution in [0.3, 0.4) is 0 Å². The summed E-state index contributed by atoms with van der Waals surface area (Å²) in [4.78, 5) is 8.13. The monoisotopic (exact) mass is 528 g/mol. The molecule has 0 bridgehead atoms. The number of aliphatic hydroxyl groups is 1. The lowest BCUT2D eigenvalue weighted by Gasteiger charge is -2.35. The van der Waals surface area contributed by atoms with Crippen LogP contribution < -0.4 is 5.32 Å². The Morgan fingerprint density at radius 2 is 1.91 bits per heavy atom. The Labute approximate surface area is 190 Å². The number of nitrogens with one attached hydrogen (secondary N) is 1. The number of anilines is 1. The van der Waals surface area contributed by atoms with Crippen LogP contribution in [0.25, 0.3) is 16.9 Å². The molecule has 9 nitrogen and oxygen atoms in total. The van der Waals surface area contributed by atoms with Gasteiger partial charge in [-0.05, 0) is 41.3 Å². The molecule has 0 amide bonds. The molecule has 0 unspecified atom stereocenters. The first kappa shape index (κ1) is 21.6. The molecule has 2 aliphatic rings. The van der Waals surface area contributed by atoms with Gasteiger partial charge in [-0.25, -0.2) is 26.7 Å². The smallest absolute Gasteiger partial charge is 0.241 e. The van der Waals surface area contributed by atoms with Crippen LogP contribution in [0.4, 0.5) is 14.7 Å². The third-order valence-corrected chi connectivity index (χ3v) is 8.48. The maximum atomic E-state index is 14.4. The van der Waals surface area contributed by atoms with Crippen molar-refractivity contribution in [1.29, 1.82) is 0 Å². The number of halogens is 3. The highest BCUT2D eigenvalue weighted by Gasteiger charge is 2.43. The number of β-amino-alcohol motifs (C(OH)–C–C–N with tert-alkyl or cyclic N) is 1. The quantitative estimate of drug-likeness (QED) is 0.521. The molecular formula is C19H19BrF2N6O3S. The van der Waals surface area contributed by atoms with Gasteiger partial charge in [-0.3, -0.25) is 4.98 Å². The second kappa shape index (κ2) is 7.97. The molecular weight excluding hydrogens is 510 g/mol. The molecule has 3 aromatic heterocycles. The standard InChI is InChI=1S/C19H19BrF2N6O3S/c20-10-5-13(22)18(23-7-10)15-6-12(21)16-8-24-19(26-28(15)16)25-14-3-4-27(9-17(14)29)32(30,31)11-1-2-11/h5-8,11,14,17,29H,1-4,9H2,(H,25,26)/t14-,17-/m1/s1. The summed E-state index contributed by atoms with van der Waals surface area (Å²) >= 11 is 3.14. The number of aromatic nitrogens is 4. The van der Waals surface area contributed by atoms with E-state index in [0.29, 0.717) is 23.7 Å². The van der Waals surface area contributed by atoms with Crippen LogP contribution in [-0.4, -0.2) is 67.9 Å². The number of piperidine rings is 1. The summed E-state index contributed by atoms with van der Waals surface area (Å²) in [5, 5.41) is 17.4. The van der Waals surface area contributed by atoms with E-state index in [1.807, 2.05) is 0 Å². The first-order chi connectivity index (χ1) is 15.2. The summed E-state index contributed by atoms with van der Waals surface area (Å²) in [5.74, 6) is -1.18. The van der Waals surface area contributed by atoms with Gasteiger partial charge < -0.3 is 10.4 Å². The van der Waals surface area contributed by atoms with E-state index in [2.05, 4.69) is 36.3 Å². The van der Waals surface area contributed by atoms with Crippen LogP contribution in [0.1, 0.15) is 19.3 Å². The second-order valence-corrected chi connectivity index (χ2v) is 11.1. The minimum atomic E-state index is -3.36. The number of hydrogen-bond donors (Lipinski definition) is 2. The third kappa shape index (κ3) is 3.87. The molecule has 13 heteroatoms. The molecule has 0 aromatic carbocycles. The number of sulfonamides is 1. The predicted octanol–water partition coefficient (Wildman–Crippen LogP) is 2.17. The lowest BCUT2D eigenvalue weighted by Crippen LogP contribution is -2.52. The Bertz CT molecular complexity index is 1300. The van der Waals surface area contributed by atoms with Crippen LogP contribution in [-0.2, 0) is 10.0 Å². The van der Waals surface area contributed by atoms with Gasteiger partial charge in [-0.2, -0.15) is 4.31 Å². The van der Waals surface area contributed by atoms with Gasteiger partial charge in [0.1, 0.15) is 11.2 Å². The molecule has 0 spiro atoms. The average Bonchev–Trinajstić information content (AvgIpc) is 3.55. The third-order valence-electron chi connectivity index (χ3n) is 5.68. The molecule has 170 valence electrons. The van der Waals surface area contributed by atoms with E-state index < -0.39 is 33.8 Å². The van der Waals surface area contributed by atoms with Crippen LogP contribution in [0.5, 0.6) is 0 Å². The zero-order valence-corrected chi connectivity index (χ0v) is 19.0. The zero-order valence-electron chi connectivity index (χ0n) is 16.6. The van der Waals surface area contributed by atoms with Gasteiger partial charge in [0.2, 0.25) is 16.0 Å². The Hall–Kier alpha value is -2.22. The molecule has 1 saturated carbocycles. The van der Waals surface area contributed by atoms with Gasteiger partial charge in [-0.15, -0.1) is 5.10 Å². The van der Waals surface area contributed by atoms with Crippen LogP contribution in [0, 0.1) is 11.6 Å². The van der Waals surface area contributed by atoms with Crippen LogP contribution in [0.2, 0.25) is 0 Å². The van der Waals surface area contributed by atoms with Crippen molar-refractivity contribution < 1.29 is 22.3 Å². The molecule has 3 aromatic rings. The lowest BCUT2D eigenvalue weighted by molar-refractivity contribution is 0.0946. The van der Waals surface area contributed by atoms with Crippen LogP contribution in [0.15, 0.2) is 29.0 Å². The minimum Gasteiger partial charge on any atom is -0.390 e. The fraction of sp³-hybridized carbons (Fsp3) is 0.421. The minimum absolute atomic E-state index is 0.0177. The molecule has 1 aliphatic carbocycles. The molecule has 1 aliphatic heterocycles. The predicted molar refractivity (Wildman–Crippen MR) is 115 cm³/mol. The van der Waals surface area contributed by atoms with Gasteiger partial charge in [0, 0.05) is 29.8 Å². The van der Waals surface area contributed by atoms with E-state index in [9.17, 15) is 22.3 Å². The molecule has 32 heavy (non-hydrogen) atoms. The number of nitrogens with zero attached hydrogens (tertiary/aromatic N) is 5. The topological polar surface area (TPSA) is 113 Å². The van der Waals surface area contributed by atoms with Crippen molar-refractivity contribution in [3.05, 3.63) is 40.6 Å². The van der Waals surface area contributed by atoms with E-state index in [0.717, 1.165) is 6.07 Å². The Balaban J connectivity index is 1.40. The van der Waals surface area contributed by atoms with Crippen molar-refractivity contribution in [1.82, 2.24) is 23.9 Å². The molecule has 2 fully saturated rings. The number of pyridine rings is 1. The van der Waals surface area contributed by atoms with Gasteiger partial charge in [0.05, 0.1) is 29.3 Å². The summed E-state index contributed by atoms with van der Waals surface area (Å²) in [6.45, 7) is 0.253. The highest BCUT2D eigenvalue weighted by molar-refractivity contribution is 9.10. The van der Waals surface area contributed by atoms with Crippen molar-refractivity contribution in [2.24, 2.45) is 0 Å². The largest absolute Gasteiger partial charge is 0.390 e. The number of fused-ring (bicyclic) bond motifs is 1. The number of hydrogen-bond acceptors (Lipinski definition) is 7. The number of rotatable bonds is 5. The maximum Gasteiger partial charge on any atom is 0.241 e. The van der Waals surface area contributed by atoms with E-state index >= 15 is 0 Å². The Morgan fingerprint density at radius 3 is 2.59 bits per heavy atom. The van der Waals surface area contributed by atoms with Crippen molar-refractivity contribution in [3.8, 4) is 11.4 Å². The summed E-state index contributed by atoms with van der Waals surface area (Å²) in [7, 11) is -3.36. The first-order valence-corrected chi connectivity index (χ1v) is 12.3. The van der Waals surface area contributed by atoms with Gasteiger partial charge in [0.25, 0.3) is 0 Å². The molecule has 5 rings (SSSR count). The van der Waals surface area contributed by atoms with Crippen LogP contribution >= 0.6 is 15.9 Å². The molecule has 1 saturated heterocycles. The van der Waals surface area contributed by atoms with E-state index in [1.165, 1.54) is 27.3 Å². The van der Waals surface area contributed by atoms with E-state index in [-0.39, 0.29) is 41.2 Å². The average molecular weight is 529 g/mol. The highest BCUT2D eigenvalue weighted by Crippen LogP contribution is 2.33. The molecule has 2 atom stereocenters. The maximum absolute atomic E-state index is 14.4. The van der Waals surface area contributed by atoms with Gasteiger partial charge in [0.15, 0.2) is 11.6 Å². The lowest BCUT2D eigenvalue weighted by atomic mass is 10.0. The fourth-order valence-electron chi connectivity index (χ4n) is 3.84. The van der Waals surface area contributed by atoms with Crippen molar-refractivity contribution >= 4 is 37.4 Å². The van der Waals surface area contributed by atoms with E-state index in [1.54, 1.807) is 0 Å². The normalized spacial score (nSPS) is 22.4. The van der Waals surface area contributed by atoms with Crippen molar-refractivity contribution in [2.45, 2.75) is 36.7 Å². The summed E-state index contributed by atoms with van der Waals surface area (Å²) in [5.41, 5.74) is 0.0785. The Kier molecular flexibility index (Phi) is 5.39.